The molecule has 0 amide bonds. The Kier molecular flexibility index (Phi) is 5.22. The lowest BCUT2D eigenvalue weighted by atomic mass is 9.98. The monoisotopic (exact) mass is 587 g/mol. The summed E-state index contributed by atoms with van der Waals surface area (Å²) in [5, 5.41) is 4.52. The van der Waals surface area contributed by atoms with Crippen molar-refractivity contribution in [3.8, 4) is 28.2 Å². The summed E-state index contributed by atoms with van der Waals surface area (Å²) < 4.78 is 4.55. The molecule has 0 radical (unpaired) electrons. The van der Waals surface area contributed by atoms with Crippen LogP contribution >= 0.6 is 0 Å². The lowest BCUT2D eigenvalue weighted by molar-refractivity contribution is 1.10. The van der Waals surface area contributed by atoms with Gasteiger partial charge in [0.15, 0.2) is 0 Å². The Hall–Kier alpha value is -6.33. The standard InChI is InChI=1S/C41H25N5/c1-2-10-30(11-3-1)45-35-14-6-4-12-33(35)43-40(45)28-18-16-26(17-19-28)29-21-22-31-37(25-29)46-36-15-7-5-13-34(36)44-41(46)32-23-20-27-9-8-24-42-39(27)38(31)32/h1-25H. The van der Waals surface area contributed by atoms with Gasteiger partial charge in [0, 0.05) is 39.0 Å². The van der Waals surface area contributed by atoms with Crippen molar-refractivity contribution in [3.63, 3.8) is 0 Å². The molecule has 10 aromatic rings. The fourth-order valence-corrected chi connectivity index (χ4v) is 7.03. The van der Waals surface area contributed by atoms with Crippen molar-refractivity contribution in [2.45, 2.75) is 0 Å². The molecule has 10 rings (SSSR count). The fraction of sp³-hybridized carbons (Fsp3) is 0. The van der Waals surface area contributed by atoms with Crippen LogP contribution < -0.4 is 0 Å². The summed E-state index contributed by atoms with van der Waals surface area (Å²) in [4.78, 5) is 15.0. The van der Waals surface area contributed by atoms with Gasteiger partial charge in [0.2, 0.25) is 0 Å². The maximum atomic E-state index is 5.12. The highest BCUT2D eigenvalue weighted by Crippen LogP contribution is 2.38. The van der Waals surface area contributed by atoms with Gasteiger partial charge in [-0.1, -0.05) is 91.0 Å². The molecule has 4 aromatic heterocycles. The predicted molar refractivity (Wildman–Crippen MR) is 189 cm³/mol. The minimum absolute atomic E-state index is 0.926. The van der Waals surface area contributed by atoms with Gasteiger partial charge in [-0.05, 0) is 65.7 Å². The molecule has 0 fully saturated rings. The first-order valence-electron chi connectivity index (χ1n) is 15.5. The first-order chi connectivity index (χ1) is 22.8. The third kappa shape index (κ3) is 3.60. The van der Waals surface area contributed by atoms with Gasteiger partial charge in [0.25, 0.3) is 0 Å². The van der Waals surface area contributed by atoms with Crippen molar-refractivity contribution in [1.82, 2.24) is 23.9 Å². The summed E-state index contributed by atoms with van der Waals surface area (Å²) in [7, 11) is 0. The molecule has 0 spiro atoms. The predicted octanol–water partition coefficient (Wildman–Crippen LogP) is 10.0. The highest BCUT2D eigenvalue weighted by atomic mass is 15.1. The molecule has 6 aromatic carbocycles. The van der Waals surface area contributed by atoms with Gasteiger partial charge in [0.1, 0.15) is 11.5 Å². The molecule has 0 atom stereocenters. The molecule has 0 aliphatic rings. The van der Waals surface area contributed by atoms with E-state index < -0.39 is 0 Å². The van der Waals surface area contributed by atoms with Crippen LogP contribution in [0.15, 0.2) is 152 Å². The average molecular weight is 588 g/mol. The van der Waals surface area contributed by atoms with Gasteiger partial charge < -0.3 is 0 Å². The zero-order valence-corrected chi connectivity index (χ0v) is 24.7. The smallest absolute Gasteiger partial charge is 0.146 e. The quantitative estimate of drug-likeness (QED) is 0.193. The van der Waals surface area contributed by atoms with Gasteiger partial charge in [-0.25, -0.2) is 9.97 Å². The normalized spacial score (nSPS) is 11.9. The molecule has 5 heteroatoms. The van der Waals surface area contributed by atoms with E-state index >= 15 is 0 Å². The Morgan fingerprint density at radius 1 is 0.478 bits per heavy atom. The first-order valence-corrected chi connectivity index (χ1v) is 15.5. The summed E-state index contributed by atoms with van der Waals surface area (Å²) in [5.41, 5.74) is 11.6. The molecule has 0 N–H and O–H groups in total. The molecule has 0 unspecified atom stereocenters. The zero-order chi connectivity index (χ0) is 30.2. The molecule has 5 nitrogen and oxygen atoms in total. The van der Waals surface area contributed by atoms with Gasteiger partial charge in [-0.2, -0.15) is 0 Å². The van der Waals surface area contributed by atoms with E-state index in [2.05, 4.69) is 136 Å². The van der Waals surface area contributed by atoms with E-state index in [1.165, 1.54) is 0 Å². The topological polar surface area (TPSA) is 48.0 Å². The van der Waals surface area contributed by atoms with Crippen LogP contribution in [-0.4, -0.2) is 23.9 Å². The van der Waals surface area contributed by atoms with Crippen LogP contribution in [0, 0.1) is 0 Å². The number of hydrogen-bond donors (Lipinski definition) is 0. The van der Waals surface area contributed by atoms with Gasteiger partial charge in [0.05, 0.1) is 33.1 Å². The average Bonchev–Trinajstić information content (AvgIpc) is 3.71. The number of pyridine rings is 2. The highest BCUT2D eigenvalue weighted by molar-refractivity contribution is 6.23. The number of hydrogen-bond acceptors (Lipinski definition) is 3. The van der Waals surface area contributed by atoms with E-state index in [1.54, 1.807) is 0 Å². The SMILES string of the molecule is c1ccc(-n2c(-c3ccc(-c4ccc5c6c(ccc7cccnc76)c6nc7ccccc7n6c5c4)cc3)nc3ccccc32)cc1. The lowest BCUT2D eigenvalue weighted by Crippen LogP contribution is -1.97. The van der Waals surface area contributed by atoms with Gasteiger partial charge in [-0.3, -0.25) is 14.0 Å². The molecule has 0 aliphatic heterocycles. The summed E-state index contributed by atoms with van der Waals surface area (Å²) in [5.74, 6) is 0.926. The molecule has 0 bridgehead atoms. The summed E-state index contributed by atoms with van der Waals surface area (Å²) in [6.45, 7) is 0. The van der Waals surface area contributed by atoms with E-state index in [0.29, 0.717) is 0 Å². The van der Waals surface area contributed by atoms with E-state index in [9.17, 15) is 0 Å². The molecule has 4 heterocycles. The molecule has 0 saturated carbocycles. The second kappa shape index (κ2) is 9.58. The summed E-state index contributed by atoms with van der Waals surface area (Å²) >= 11 is 0. The minimum atomic E-state index is 0.926. The molecule has 214 valence electrons. The third-order valence-corrected chi connectivity index (χ3v) is 9.14. The molecule has 0 saturated heterocycles. The van der Waals surface area contributed by atoms with Gasteiger partial charge in [-0.15, -0.1) is 0 Å². The van der Waals surface area contributed by atoms with Crippen molar-refractivity contribution >= 4 is 60.3 Å². The Morgan fingerprint density at radius 2 is 1.17 bits per heavy atom. The third-order valence-electron chi connectivity index (χ3n) is 9.14. The fourth-order valence-electron chi connectivity index (χ4n) is 7.03. The molecular weight excluding hydrogens is 562 g/mol. The Balaban J connectivity index is 1.19. The second-order valence-corrected chi connectivity index (χ2v) is 11.7. The maximum Gasteiger partial charge on any atom is 0.146 e. The number of benzene rings is 6. The van der Waals surface area contributed by atoms with Crippen LogP contribution in [0.2, 0.25) is 0 Å². The minimum Gasteiger partial charge on any atom is -0.292 e. The van der Waals surface area contributed by atoms with E-state index in [4.69, 9.17) is 15.0 Å². The van der Waals surface area contributed by atoms with Crippen LogP contribution in [0.1, 0.15) is 0 Å². The first kappa shape index (κ1) is 25.0. The Morgan fingerprint density at radius 3 is 2.02 bits per heavy atom. The number of nitrogens with zero attached hydrogens (tertiary/aromatic N) is 5. The Bertz CT molecular complexity index is 2790. The van der Waals surface area contributed by atoms with E-state index in [0.717, 1.165) is 88.5 Å². The van der Waals surface area contributed by atoms with Crippen LogP contribution in [-0.2, 0) is 0 Å². The molecular formula is C41H25N5. The number of para-hydroxylation sites is 5. The van der Waals surface area contributed by atoms with Crippen molar-refractivity contribution in [2.24, 2.45) is 0 Å². The van der Waals surface area contributed by atoms with Crippen molar-refractivity contribution in [1.29, 1.82) is 0 Å². The van der Waals surface area contributed by atoms with Crippen molar-refractivity contribution in [3.05, 3.63) is 152 Å². The maximum absolute atomic E-state index is 5.12. The van der Waals surface area contributed by atoms with Crippen LogP contribution in [0.25, 0.3) is 88.5 Å². The highest BCUT2D eigenvalue weighted by Gasteiger charge is 2.18. The van der Waals surface area contributed by atoms with Gasteiger partial charge >= 0.3 is 0 Å². The number of imidazole rings is 2. The van der Waals surface area contributed by atoms with Crippen molar-refractivity contribution < 1.29 is 0 Å². The van der Waals surface area contributed by atoms with Crippen LogP contribution in [0.4, 0.5) is 0 Å². The molecule has 0 aliphatic carbocycles. The van der Waals surface area contributed by atoms with Crippen LogP contribution in [0.3, 0.4) is 0 Å². The van der Waals surface area contributed by atoms with E-state index in [-0.39, 0.29) is 0 Å². The summed E-state index contributed by atoms with van der Waals surface area (Å²) in [6.07, 6.45) is 1.88. The largest absolute Gasteiger partial charge is 0.292 e. The van der Waals surface area contributed by atoms with Crippen LogP contribution in [0.5, 0.6) is 0 Å². The second-order valence-electron chi connectivity index (χ2n) is 11.7. The van der Waals surface area contributed by atoms with E-state index in [1.807, 2.05) is 24.4 Å². The van der Waals surface area contributed by atoms with Crippen molar-refractivity contribution in [2.75, 3.05) is 0 Å². The molecule has 46 heavy (non-hydrogen) atoms. The lowest BCUT2D eigenvalue weighted by Gasteiger charge is -2.13. The number of fused-ring (bicyclic) bond motifs is 11. The number of aromatic nitrogens is 5. The Labute approximate surface area is 263 Å². The number of rotatable bonds is 3. The summed E-state index contributed by atoms with van der Waals surface area (Å²) in [6, 6.07) is 51.1. The zero-order valence-electron chi connectivity index (χ0n) is 24.7.